The standard InChI is InChI=1S/C24H30Cl3N3O4S/c1-4-13-28-24(32)17(2)29(16-18-7-9-19(25)10-8-18)23(31)6-5-14-30(35(3,33)34)22-15-20(26)11-12-21(22)27/h7-12,15,17H,4-6,13-14,16H2,1-3H3,(H,28,32)/t17-/m0/s1. The first-order valence-electron chi connectivity index (χ1n) is 11.2. The number of amides is 2. The van der Waals surface area contributed by atoms with Gasteiger partial charge in [-0.2, -0.15) is 0 Å². The van der Waals surface area contributed by atoms with Crippen LogP contribution in [0.25, 0.3) is 0 Å². The zero-order valence-electron chi connectivity index (χ0n) is 19.9. The van der Waals surface area contributed by atoms with Crippen LogP contribution in [0.5, 0.6) is 0 Å². The van der Waals surface area contributed by atoms with E-state index in [4.69, 9.17) is 34.8 Å². The van der Waals surface area contributed by atoms with Gasteiger partial charge in [-0.05, 0) is 55.7 Å². The summed E-state index contributed by atoms with van der Waals surface area (Å²) in [7, 11) is -3.68. The highest BCUT2D eigenvalue weighted by molar-refractivity contribution is 7.92. The first kappa shape index (κ1) is 29.2. The van der Waals surface area contributed by atoms with Crippen molar-refractivity contribution in [3.8, 4) is 0 Å². The molecule has 0 aliphatic heterocycles. The van der Waals surface area contributed by atoms with Crippen LogP contribution in [0.15, 0.2) is 42.5 Å². The van der Waals surface area contributed by atoms with E-state index in [0.29, 0.717) is 16.6 Å². The number of nitrogens with one attached hydrogen (secondary N) is 1. The fourth-order valence-corrected chi connectivity index (χ4v) is 4.96. The number of hydrogen-bond donors (Lipinski definition) is 1. The lowest BCUT2D eigenvalue weighted by Gasteiger charge is -2.29. The Kier molecular flexibility index (Phi) is 11.1. The molecule has 2 amide bonds. The van der Waals surface area contributed by atoms with E-state index in [0.717, 1.165) is 22.5 Å². The summed E-state index contributed by atoms with van der Waals surface area (Å²) in [5.41, 5.74) is 1.07. The number of rotatable bonds is 12. The molecule has 192 valence electrons. The number of carbonyl (C=O) groups excluding carboxylic acids is 2. The highest BCUT2D eigenvalue weighted by atomic mass is 35.5. The average molecular weight is 563 g/mol. The summed E-state index contributed by atoms with van der Waals surface area (Å²) in [5.74, 6) is -0.526. The molecule has 0 unspecified atom stereocenters. The van der Waals surface area contributed by atoms with E-state index in [1.807, 2.05) is 6.92 Å². The fraction of sp³-hybridized carbons (Fsp3) is 0.417. The molecule has 2 rings (SSSR count). The third-order valence-corrected chi connectivity index (χ3v) is 7.30. The van der Waals surface area contributed by atoms with Gasteiger partial charge >= 0.3 is 0 Å². The van der Waals surface area contributed by atoms with Crippen molar-refractivity contribution in [1.82, 2.24) is 10.2 Å². The first-order valence-corrected chi connectivity index (χ1v) is 14.2. The van der Waals surface area contributed by atoms with E-state index in [1.165, 1.54) is 17.0 Å². The van der Waals surface area contributed by atoms with Crippen LogP contribution in [0.2, 0.25) is 15.1 Å². The third-order valence-electron chi connectivity index (χ3n) is 5.31. The lowest BCUT2D eigenvalue weighted by atomic mass is 10.1. The molecular formula is C24H30Cl3N3O4S. The van der Waals surface area contributed by atoms with E-state index < -0.39 is 16.1 Å². The largest absolute Gasteiger partial charge is 0.354 e. The van der Waals surface area contributed by atoms with Gasteiger partial charge in [-0.3, -0.25) is 13.9 Å². The van der Waals surface area contributed by atoms with Crippen molar-refractivity contribution in [3.63, 3.8) is 0 Å². The number of hydrogen-bond acceptors (Lipinski definition) is 4. The fourth-order valence-electron chi connectivity index (χ4n) is 3.42. The number of benzene rings is 2. The highest BCUT2D eigenvalue weighted by Gasteiger charge is 2.27. The number of sulfonamides is 1. The number of nitrogens with zero attached hydrogens (tertiary/aromatic N) is 2. The molecule has 35 heavy (non-hydrogen) atoms. The molecule has 1 atom stereocenters. The summed E-state index contributed by atoms with van der Waals surface area (Å²) in [6.07, 6.45) is 2.09. The number of anilines is 1. The molecule has 0 aliphatic rings. The van der Waals surface area contributed by atoms with Crippen molar-refractivity contribution >= 4 is 62.3 Å². The molecule has 1 N–H and O–H groups in total. The Bertz CT molecular complexity index is 1130. The quantitative estimate of drug-likeness (QED) is 0.388. The van der Waals surface area contributed by atoms with Gasteiger partial charge < -0.3 is 10.2 Å². The summed E-state index contributed by atoms with van der Waals surface area (Å²) in [6, 6.07) is 10.9. The van der Waals surface area contributed by atoms with Crippen LogP contribution in [0.4, 0.5) is 5.69 Å². The molecule has 0 saturated carbocycles. The smallest absolute Gasteiger partial charge is 0.242 e. The Labute approximate surface area is 222 Å². The Morgan fingerprint density at radius 2 is 1.66 bits per heavy atom. The molecule has 11 heteroatoms. The summed E-state index contributed by atoms with van der Waals surface area (Å²) >= 11 is 18.2. The highest BCUT2D eigenvalue weighted by Crippen LogP contribution is 2.31. The van der Waals surface area contributed by atoms with Gasteiger partial charge in [0, 0.05) is 36.1 Å². The second-order valence-corrected chi connectivity index (χ2v) is 11.3. The van der Waals surface area contributed by atoms with Crippen LogP contribution >= 0.6 is 34.8 Å². The van der Waals surface area contributed by atoms with Gasteiger partial charge in [0.05, 0.1) is 17.0 Å². The van der Waals surface area contributed by atoms with Crippen LogP contribution in [0, 0.1) is 0 Å². The van der Waals surface area contributed by atoms with Gasteiger partial charge in [0.25, 0.3) is 0 Å². The topological polar surface area (TPSA) is 86.8 Å². The zero-order chi connectivity index (χ0) is 26.2. The minimum atomic E-state index is -3.68. The minimum absolute atomic E-state index is 0.0236. The summed E-state index contributed by atoms with van der Waals surface area (Å²) < 4.78 is 26.0. The van der Waals surface area contributed by atoms with Crippen molar-refractivity contribution in [2.75, 3.05) is 23.7 Å². The maximum Gasteiger partial charge on any atom is 0.242 e. The Morgan fingerprint density at radius 1 is 1.03 bits per heavy atom. The zero-order valence-corrected chi connectivity index (χ0v) is 23.0. The van der Waals surface area contributed by atoms with Gasteiger partial charge in [0.15, 0.2) is 0 Å². The van der Waals surface area contributed by atoms with Crippen molar-refractivity contribution in [2.45, 2.75) is 45.7 Å². The average Bonchev–Trinajstić information content (AvgIpc) is 2.80. The van der Waals surface area contributed by atoms with Crippen LogP contribution in [0.3, 0.4) is 0 Å². The molecule has 0 bridgehead atoms. The Hall–Kier alpha value is -2.00. The van der Waals surface area contributed by atoms with E-state index in [1.54, 1.807) is 37.3 Å². The van der Waals surface area contributed by atoms with Crippen LogP contribution in [0.1, 0.15) is 38.7 Å². The molecular weight excluding hydrogens is 533 g/mol. The molecule has 0 aromatic heterocycles. The first-order chi connectivity index (χ1) is 16.4. The van der Waals surface area contributed by atoms with Crippen LogP contribution in [-0.2, 0) is 26.2 Å². The normalized spacial score (nSPS) is 12.2. The van der Waals surface area contributed by atoms with Gasteiger partial charge in [-0.1, -0.05) is 53.9 Å². The third kappa shape index (κ3) is 8.86. The summed E-state index contributed by atoms with van der Waals surface area (Å²) in [5, 5.41) is 3.97. The van der Waals surface area contributed by atoms with Crippen molar-refractivity contribution in [2.24, 2.45) is 0 Å². The lowest BCUT2D eigenvalue weighted by Crippen LogP contribution is -2.47. The predicted octanol–water partition coefficient (Wildman–Crippen LogP) is 5.14. The minimum Gasteiger partial charge on any atom is -0.354 e. The van der Waals surface area contributed by atoms with Gasteiger partial charge in [-0.15, -0.1) is 0 Å². The van der Waals surface area contributed by atoms with Crippen molar-refractivity contribution in [1.29, 1.82) is 0 Å². The van der Waals surface area contributed by atoms with E-state index in [9.17, 15) is 18.0 Å². The van der Waals surface area contributed by atoms with Crippen molar-refractivity contribution < 1.29 is 18.0 Å². The van der Waals surface area contributed by atoms with E-state index in [-0.39, 0.29) is 48.5 Å². The molecule has 0 saturated heterocycles. The molecule has 0 spiro atoms. The molecule has 0 aliphatic carbocycles. The molecule has 0 heterocycles. The summed E-state index contributed by atoms with van der Waals surface area (Å²) in [6.45, 7) is 4.37. The number of carbonyl (C=O) groups is 2. The van der Waals surface area contributed by atoms with E-state index >= 15 is 0 Å². The maximum absolute atomic E-state index is 13.2. The molecule has 2 aromatic rings. The van der Waals surface area contributed by atoms with Crippen molar-refractivity contribution in [3.05, 3.63) is 63.1 Å². The molecule has 0 fully saturated rings. The second-order valence-electron chi connectivity index (χ2n) is 8.15. The van der Waals surface area contributed by atoms with E-state index in [2.05, 4.69) is 5.32 Å². The van der Waals surface area contributed by atoms with Crippen LogP contribution < -0.4 is 9.62 Å². The lowest BCUT2D eigenvalue weighted by molar-refractivity contribution is -0.140. The monoisotopic (exact) mass is 561 g/mol. The predicted molar refractivity (Wildman–Crippen MR) is 143 cm³/mol. The van der Waals surface area contributed by atoms with Gasteiger partial charge in [0.2, 0.25) is 21.8 Å². The maximum atomic E-state index is 13.2. The second kappa shape index (κ2) is 13.3. The Morgan fingerprint density at radius 3 is 2.26 bits per heavy atom. The van der Waals surface area contributed by atoms with Gasteiger partial charge in [-0.25, -0.2) is 8.42 Å². The summed E-state index contributed by atoms with van der Waals surface area (Å²) in [4.78, 5) is 27.3. The van der Waals surface area contributed by atoms with Gasteiger partial charge in [0.1, 0.15) is 6.04 Å². The molecule has 2 aromatic carbocycles. The SMILES string of the molecule is CCCNC(=O)[C@H](C)N(Cc1ccc(Cl)cc1)C(=O)CCCN(c1cc(Cl)ccc1Cl)S(C)(=O)=O. The Balaban J connectivity index is 2.18. The van der Waals surface area contributed by atoms with Crippen LogP contribution in [-0.4, -0.2) is 50.5 Å². The number of halogens is 3. The molecule has 0 radical (unpaired) electrons. The molecule has 7 nitrogen and oxygen atoms in total.